The molecule has 2 aromatic carbocycles. The van der Waals surface area contributed by atoms with E-state index < -0.39 is 0 Å². The SMILES string of the molecule is CCOC(=O)CCCCc1ccc(-c2ccc(C(C)(C)C)cc2)cc1. The van der Waals surface area contributed by atoms with Gasteiger partial charge in [-0.1, -0.05) is 69.3 Å². The van der Waals surface area contributed by atoms with E-state index in [1.807, 2.05) is 6.92 Å². The molecule has 0 spiro atoms. The van der Waals surface area contributed by atoms with Crippen LogP contribution in [0.3, 0.4) is 0 Å². The van der Waals surface area contributed by atoms with Crippen LogP contribution in [0.2, 0.25) is 0 Å². The summed E-state index contributed by atoms with van der Waals surface area (Å²) < 4.78 is 4.95. The molecular weight excluding hydrogens is 308 g/mol. The van der Waals surface area contributed by atoms with Crippen molar-refractivity contribution in [2.24, 2.45) is 0 Å². The van der Waals surface area contributed by atoms with Gasteiger partial charge in [-0.25, -0.2) is 0 Å². The van der Waals surface area contributed by atoms with Crippen molar-refractivity contribution in [3.63, 3.8) is 0 Å². The normalized spacial score (nSPS) is 11.4. The Balaban J connectivity index is 1.88. The second kappa shape index (κ2) is 8.84. The highest BCUT2D eigenvalue weighted by Gasteiger charge is 2.13. The lowest BCUT2D eigenvalue weighted by Crippen LogP contribution is -2.10. The van der Waals surface area contributed by atoms with Crippen molar-refractivity contribution < 1.29 is 9.53 Å². The van der Waals surface area contributed by atoms with Crippen molar-refractivity contribution in [3.05, 3.63) is 59.7 Å². The van der Waals surface area contributed by atoms with Crippen LogP contribution in [-0.2, 0) is 21.4 Å². The molecule has 0 radical (unpaired) electrons. The maximum atomic E-state index is 11.3. The van der Waals surface area contributed by atoms with Gasteiger partial charge in [0.15, 0.2) is 0 Å². The van der Waals surface area contributed by atoms with Crippen LogP contribution in [0.5, 0.6) is 0 Å². The predicted octanol–water partition coefficient (Wildman–Crippen LogP) is 5.93. The van der Waals surface area contributed by atoms with Crippen LogP contribution < -0.4 is 0 Å². The summed E-state index contributed by atoms with van der Waals surface area (Å²) in [5, 5.41) is 0. The van der Waals surface area contributed by atoms with Gasteiger partial charge in [0.05, 0.1) is 6.61 Å². The van der Waals surface area contributed by atoms with Gasteiger partial charge in [0.25, 0.3) is 0 Å². The highest BCUT2D eigenvalue weighted by molar-refractivity contribution is 5.69. The minimum Gasteiger partial charge on any atom is -0.466 e. The van der Waals surface area contributed by atoms with Gasteiger partial charge >= 0.3 is 5.97 Å². The van der Waals surface area contributed by atoms with Gasteiger partial charge in [-0.15, -0.1) is 0 Å². The highest BCUT2D eigenvalue weighted by atomic mass is 16.5. The van der Waals surface area contributed by atoms with Crippen LogP contribution >= 0.6 is 0 Å². The lowest BCUT2D eigenvalue weighted by Gasteiger charge is -2.19. The molecule has 2 aromatic rings. The van der Waals surface area contributed by atoms with E-state index in [0.717, 1.165) is 19.3 Å². The molecule has 0 aliphatic carbocycles. The summed E-state index contributed by atoms with van der Waals surface area (Å²) in [5.74, 6) is -0.0865. The number of ether oxygens (including phenoxy) is 1. The molecule has 134 valence electrons. The fraction of sp³-hybridized carbons (Fsp3) is 0.435. The smallest absolute Gasteiger partial charge is 0.305 e. The van der Waals surface area contributed by atoms with E-state index in [1.54, 1.807) is 0 Å². The Morgan fingerprint density at radius 2 is 1.44 bits per heavy atom. The van der Waals surface area contributed by atoms with E-state index in [1.165, 1.54) is 22.3 Å². The third-order valence-electron chi connectivity index (χ3n) is 4.44. The van der Waals surface area contributed by atoms with Crippen molar-refractivity contribution in [3.8, 4) is 11.1 Å². The van der Waals surface area contributed by atoms with Gasteiger partial charge in [-0.3, -0.25) is 4.79 Å². The fourth-order valence-electron chi connectivity index (χ4n) is 2.86. The first-order valence-electron chi connectivity index (χ1n) is 9.25. The third-order valence-corrected chi connectivity index (χ3v) is 4.44. The Labute approximate surface area is 152 Å². The van der Waals surface area contributed by atoms with Crippen molar-refractivity contribution in [2.45, 2.75) is 58.8 Å². The monoisotopic (exact) mass is 338 g/mol. The van der Waals surface area contributed by atoms with Gasteiger partial charge in [-0.05, 0) is 53.9 Å². The van der Waals surface area contributed by atoms with E-state index in [0.29, 0.717) is 13.0 Å². The lowest BCUT2D eigenvalue weighted by atomic mass is 9.86. The summed E-state index contributed by atoms with van der Waals surface area (Å²) in [4.78, 5) is 11.3. The zero-order valence-electron chi connectivity index (χ0n) is 16.0. The molecule has 0 saturated carbocycles. The second-order valence-electron chi connectivity index (χ2n) is 7.54. The van der Waals surface area contributed by atoms with Crippen molar-refractivity contribution in [1.29, 1.82) is 0 Å². The van der Waals surface area contributed by atoms with Gasteiger partial charge in [0.1, 0.15) is 0 Å². The summed E-state index contributed by atoms with van der Waals surface area (Å²) in [6.07, 6.45) is 3.42. The number of hydrogen-bond donors (Lipinski definition) is 0. The Morgan fingerprint density at radius 3 is 1.96 bits per heavy atom. The molecule has 0 heterocycles. The number of unbranched alkanes of at least 4 members (excludes halogenated alkanes) is 1. The first kappa shape index (κ1) is 19.2. The van der Waals surface area contributed by atoms with Crippen LogP contribution in [0.1, 0.15) is 58.1 Å². The number of aryl methyl sites for hydroxylation is 1. The Bertz CT molecular complexity index is 661. The van der Waals surface area contributed by atoms with Gasteiger partial charge in [0, 0.05) is 6.42 Å². The lowest BCUT2D eigenvalue weighted by molar-refractivity contribution is -0.143. The van der Waals surface area contributed by atoms with E-state index >= 15 is 0 Å². The Kier molecular flexibility index (Phi) is 6.81. The zero-order chi connectivity index (χ0) is 18.3. The summed E-state index contributed by atoms with van der Waals surface area (Å²) in [5.41, 5.74) is 5.36. The molecule has 0 fully saturated rings. The highest BCUT2D eigenvalue weighted by Crippen LogP contribution is 2.26. The third kappa shape index (κ3) is 6.04. The first-order chi connectivity index (χ1) is 11.9. The van der Waals surface area contributed by atoms with Crippen molar-refractivity contribution in [1.82, 2.24) is 0 Å². The van der Waals surface area contributed by atoms with E-state index in [-0.39, 0.29) is 11.4 Å². The molecule has 0 atom stereocenters. The number of carbonyl (C=O) groups is 1. The quantitative estimate of drug-likeness (QED) is 0.462. The molecule has 0 bridgehead atoms. The summed E-state index contributed by atoms with van der Waals surface area (Å²) in [6.45, 7) is 9.02. The molecule has 0 aromatic heterocycles. The van der Waals surface area contributed by atoms with Crippen molar-refractivity contribution >= 4 is 5.97 Å². The first-order valence-corrected chi connectivity index (χ1v) is 9.25. The Morgan fingerprint density at radius 1 is 0.880 bits per heavy atom. The molecular formula is C23H30O2. The fourth-order valence-corrected chi connectivity index (χ4v) is 2.86. The van der Waals surface area contributed by atoms with E-state index in [4.69, 9.17) is 4.74 Å². The van der Waals surface area contributed by atoms with E-state index in [9.17, 15) is 4.79 Å². The van der Waals surface area contributed by atoms with Gasteiger partial charge in [-0.2, -0.15) is 0 Å². The number of carbonyl (C=O) groups excluding carboxylic acids is 1. The van der Waals surface area contributed by atoms with Crippen LogP contribution in [-0.4, -0.2) is 12.6 Å². The van der Waals surface area contributed by atoms with Gasteiger partial charge < -0.3 is 4.74 Å². The minimum atomic E-state index is -0.0865. The molecule has 0 amide bonds. The largest absolute Gasteiger partial charge is 0.466 e. The molecule has 25 heavy (non-hydrogen) atoms. The number of rotatable bonds is 7. The van der Waals surface area contributed by atoms with Crippen LogP contribution in [0.25, 0.3) is 11.1 Å². The summed E-state index contributed by atoms with van der Waals surface area (Å²) >= 11 is 0. The topological polar surface area (TPSA) is 26.3 Å². The number of esters is 1. The summed E-state index contributed by atoms with van der Waals surface area (Å²) in [6, 6.07) is 17.6. The second-order valence-corrected chi connectivity index (χ2v) is 7.54. The number of benzene rings is 2. The molecule has 0 unspecified atom stereocenters. The van der Waals surface area contributed by atoms with Crippen LogP contribution in [0.15, 0.2) is 48.5 Å². The average molecular weight is 338 g/mol. The standard InChI is InChI=1S/C23H30O2/c1-5-25-22(24)9-7-6-8-18-10-12-19(13-11-18)20-14-16-21(17-15-20)23(2,3)4/h10-17H,5-9H2,1-4H3. The van der Waals surface area contributed by atoms with Gasteiger partial charge in [0.2, 0.25) is 0 Å². The molecule has 0 saturated heterocycles. The molecule has 0 aliphatic heterocycles. The zero-order valence-corrected chi connectivity index (χ0v) is 16.0. The number of hydrogen-bond acceptors (Lipinski definition) is 2. The maximum Gasteiger partial charge on any atom is 0.305 e. The van der Waals surface area contributed by atoms with Crippen LogP contribution in [0, 0.1) is 0 Å². The summed E-state index contributed by atoms with van der Waals surface area (Å²) in [7, 11) is 0. The van der Waals surface area contributed by atoms with E-state index in [2.05, 4.69) is 69.3 Å². The molecule has 0 N–H and O–H groups in total. The molecule has 0 aliphatic rings. The Hall–Kier alpha value is -2.09. The minimum absolute atomic E-state index is 0.0865. The predicted molar refractivity (Wildman–Crippen MR) is 105 cm³/mol. The van der Waals surface area contributed by atoms with Crippen LogP contribution in [0.4, 0.5) is 0 Å². The maximum absolute atomic E-state index is 11.3. The molecule has 2 heteroatoms. The average Bonchev–Trinajstić information content (AvgIpc) is 2.59. The van der Waals surface area contributed by atoms with Crippen molar-refractivity contribution in [2.75, 3.05) is 6.61 Å². The molecule has 2 rings (SSSR count). The molecule has 2 nitrogen and oxygen atoms in total.